The lowest BCUT2D eigenvalue weighted by molar-refractivity contribution is 0.623. The van der Waals surface area contributed by atoms with Gasteiger partial charge in [0.2, 0.25) is 0 Å². The van der Waals surface area contributed by atoms with E-state index in [0.717, 1.165) is 34.2 Å². The molecule has 0 N–H and O–H groups in total. The number of hydrogen-bond donors (Lipinski definition) is 0. The maximum absolute atomic E-state index is 15.1. The highest BCUT2D eigenvalue weighted by Crippen LogP contribution is 2.29. The third-order valence-electron chi connectivity index (χ3n) is 6.94. The van der Waals surface area contributed by atoms with Gasteiger partial charge in [0.1, 0.15) is 5.82 Å². The van der Waals surface area contributed by atoms with Gasteiger partial charge in [-0.2, -0.15) is 0 Å². The third kappa shape index (κ3) is 5.65. The first-order valence-electron chi connectivity index (χ1n) is 13.0. The molecular weight excluding hydrogens is 451 g/mol. The molecule has 0 nitrogen and oxygen atoms in total. The Hall–Kier alpha value is -4.15. The number of hydrogen-bond acceptors (Lipinski definition) is 0. The third-order valence-corrected chi connectivity index (χ3v) is 6.94. The Morgan fingerprint density at radius 3 is 1.97 bits per heavy atom. The van der Waals surface area contributed by atoms with Gasteiger partial charge in [0.05, 0.1) is 5.56 Å². The molecule has 0 radical (unpaired) electrons. The van der Waals surface area contributed by atoms with Crippen molar-refractivity contribution in [3.8, 4) is 34.1 Å². The summed E-state index contributed by atoms with van der Waals surface area (Å²) in [6.07, 6.45) is 3.46. The van der Waals surface area contributed by atoms with E-state index in [0.29, 0.717) is 5.56 Å². The number of benzene rings is 5. The standard InChI is InChI=1S/C36H31F/c1-4-5-6-27-8-10-28(11-9-27)12-20-35-26(3)22-34(24-36(35)37)30-16-14-29(15-17-30)32-19-18-31-21-25(2)7-13-33(31)23-32/h7-11,13-19,21-24H,4-6H2,1-3H3. The van der Waals surface area contributed by atoms with Gasteiger partial charge >= 0.3 is 0 Å². The van der Waals surface area contributed by atoms with Crippen molar-refractivity contribution < 1.29 is 4.39 Å². The van der Waals surface area contributed by atoms with Crippen molar-refractivity contribution in [2.24, 2.45) is 0 Å². The van der Waals surface area contributed by atoms with Crippen LogP contribution in [-0.2, 0) is 6.42 Å². The average Bonchev–Trinajstić information content (AvgIpc) is 2.92. The van der Waals surface area contributed by atoms with E-state index in [1.165, 1.54) is 40.3 Å². The fraction of sp³-hybridized carbons (Fsp3) is 0.167. The van der Waals surface area contributed by atoms with E-state index in [2.05, 4.69) is 98.5 Å². The van der Waals surface area contributed by atoms with Crippen molar-refractivity contribution in [1.82, 2.24) is 0 Å². The molecule has 5 rings (SSSR count). The van der Waals surface area contributed by atoms with Crippen LogP contribution in [0.2, 0.25) is 0 Å². The minimum Gasteiger partial charge on any atom is -0.206 e. The molecule has 0 atom stereocenters. The Morgan fingerprint density at radius 1 is 0.622 bits per heavy atom. The zero-order valence-electron chi connectivity index (χ0n) is 21.7. The molecule has 0 bridgehead atoms. The minimum atomic E-state index is -0.282. The molecule has 0 aliphatic rings. The summed E-state index contributed by atoms with van der Waals surface area (Å²) in [6, 6.07) is 33.3. The first kappa shape index (κ1) is 24.5. The molecule has 182 valence electrons. The Kier molecular flexibility index (Phi) is 7.20. The molecule has 0 saturated carbocycles. The van der Waals surface area contributed by atoms with Crippen LogP contribution in [0.15, 0.2) is 97.1 Å². The maximum Gasteiger partial charge on any atom is 0.139 e. The second kappa shape index (κ2) is 10.9. The summed E-state index contributed by atoms with van der Waals surface area (Å²) in [7, 11) is 0. The Bertz CT molecular complexity index is 1590. The molecule has 0 fully saturated rings. The van der Waals surface area contributed by atoms with Gasteiger partial charge in [0.25, 0.3) is 0 Å². The van der Waals surface area contributed by atoms with E-state index in [4.69, 9.17) is 0 Å². The Balaban J connectivity index is 1.36. The topological polar surface area (TPSA) is 0 Å². The number of fused-ring (bicyclic) bond motifs is 1. The predicted octanol–water partition coefficient (Wildman–Crippen LogP) is 9.67. The quantitative estimate of drug-likeness (QED) is 0.219. The lowest BCUT2D eigenvalue weighted by atomic mass is 9.96. The molecule has 0 unspecified atom stereocenters. The second-order valence-electron chi connectivity index (χ2n) is 9.84. The number of unbranched alkanes of at least 4 members (excludes halogenated alkanes) is 1. The van der Waals surface area contributed by atoms with Crippen molar-refractivity contribution in [3.63, 3.8) is 0 Å². The predicted molar refractivity (Wildman–Crippen MR) is 155 cm³/mol. The fourth-order valence-corrected chi connectivity index (χ4v) is 4.74. The van der Waals surface area contributed by atoms with Crippen molar-refractivity contribution in [1.29, 1.82) is 0 Å². The minimum absolute atomic E-state index is 0.282. The highest BCUT2D eigenvalue weighted by molar-refractivity contribution is 5.88. The fourth-order valence-electron chi connectivity index (χ4n) is 4.74. The van der Waals surface area contributed by atoms with Crippen molar-refractivity contribution in [3.05, 3.63) is 131 Å². The maximum atomic E-state index is 15.1. The molecule has 0 saturated heterocycles. The zero-order chi connectivity index (χ0) is 25.8. The molecule has 0 aliphatic carbocycles. The van der Waals surface area contributed by atoms with Gasteiger partial charge in [0.15, 0.2) is 0 Å². The largest absolute Gasteiger partial charge is 0.206 e. The van der Waals surface area contributed by atoms with Crippen molar-refractivity contribution >= 4 is 10.8 Å². The van der Waals surface area contributed by atoms with E-state index in [1.54, 1.807) is 6.07 Å². The smallest absolute Gasteiger partial charge is 0.139 e. The van der Waals surface area contributed by atoms with Crippen LogP contribution in [-0.4, -0.2) is 0 Å². The van der Waals surface area contributed by atoms with Gasteiger partial charge in [-0.1, -0.05) is 97.5 Å². The summed E-state index contributed by atoms with van der Waals surface area (Å²) in [4.78, 5) is 0. The van der Waals surface area contributed by atoms with Crippen LogP contribution in [0.3, 0.4) is 0 Å². The molecule has 0 amide bonds. The van der Waals surface area contributed by atoms with Gasteiger partial charge < -0.3 is 0 Å². The van der Waals surface area contributed by atoms with E-state index in [9.17, 15) is 0 Å². The second-order valence-corrected chi connectivity index (χ2v) is 9.84. The molecule has 5 aromatic rings. The summed E-state index contributed by atoms with van der Waals surface area (Å²) < 4.78 is 15.1. The van der Waals surface area contributed by atoms with Gasteiger partial charge in [0, 0.05) is 5.56 Å². The van der Waals surface area contributed by atoms with E-state index in [-0.39, 0.29) is 5.82 Å². The Morgan fingerprint density at radius 2 is 1.27 bits per heavy atom. The number of aryl methyl sites for hydroxylation is 3. The molecule has 0 aromatic heterocycles. The molecule has 1 heteroatoms. The summed E-state index contributed by atoms with van der Waals surface area (Å²) in [5.74, 6) is 5.92. The molecular formula is C36H31F. The van der Waals surface area contributed by atoms with Gasteiger partial charge in [-0.05, 0) is 101 Å². The van der Waals surface area contributed by atoms with Crippen LogP contribution in [0.25, 0.3) is 33.0 Å². The van der Waals surface area contributed by atoms with Crippen LogP contribution < -0.4 is 0 Å². The number of halogens is 1. The summed E-state index contributed by atoms with van der Waals surface area (Å²) in [6.45, 7) is 6.24. The van der Waals surface area contributed by atoms with Crippen molar-refractivity contribution in [2.45, 2.75) is 40.0 Å². The first-order chi connectivity index (χ1) is 18.0. The van der Waals surface area contributed by atoms with Gasteiger partial charge in [-0.15, -0.1) is 0 Å². The molecule has 5 aromatic carbocycles. The van der Waals surface area contributed by atoms with E-state index >= 15 is 4.39 Å². The van der Waals surface area contributed by atoms with Crippen LogP contribution >= 0.6 is 0 Å². The van der Waals surface area contributed by atoms with Gasteiger partial charge in [-0.25, -0.2) is 4.39 Å². The first-order valence-corrected chi connectivity index (χ1v) is 13.0. The molecule has 0 heterocycles. The van der Waals surface area contributed by atoms with Crippen LogP contribution in [0.4, 0.5) is 4.39 Å². The highest BCUT2D eigenvalue weighted by atomic mass is 19.1. The summed E-state index contributed by atoms with van der Waals surface area (Å²) in [5, 5.41) is 2.48. The summed E-state index contributed by atoms with van der Waals surface area (Å²) in [5.41, 5.74) is 8.97. The lowest BCUT2D eigenvalue weighted by Crippen LogP contribution is -1.92. The Labute approximate surface area is 219 Å². The average molecular weight is 483 g/mol. The highest BCUT2D eigenvalue weighted by Gasteiger charge is 2.09. The number of rotatable bonds is 5. The van der Waals surface area contributed by atoms with Gasteiger partial charge in [-0.3, -0.25) is 0 Å². The SMILES string of the molecule is CCCCc1ccc(C#Cc2c(C)cc(-c3ccc(-c4ccc5cc(C)ccc5c4)cc3)cc2F)cc1. The van der Waals surface area contributed by atoms with Crippen LogP contribution in [0.5, 0.6) is 0 Å². The van der Waals surface area contributed by atoms with Crippen LogP contribution in [0, 0.1) is 31.5 Å². The van der Waals surface area contributed by atoms with E-state index in [1.807, 2.05) is 25.1 Å². The summed E-state index contributed by atoms with van der Waals surface area (Å²) >= 11 is 0. The van der Waals surface area contributed by atoms with Crippen molar-refractivity contribution in [2.75, 3.05) is 0 Å². The monoisotopic (exact) mass is 482 g/mol. The zero-order valence-corrected chi connectivity index (χ0v) is 21.7. The lowest BCUT2D eigenvalue weighted by Gasteiger charge is -2.09. The molecule has 37 heavy (non-hydrogen) atoms. The molecule has 0 spiro atoms. The van der Waals surface area contributed by atoms with E-state index < -0.39 is 0 Å². The van der Waals surface area contributed by atoms with Crippen LogP contribution in [0.1, 0.15) is 47.6 Å². The molecule has 0 aliphatic heterocycles. The normalized spacial score (nSPS) is 10.8.